The number of rotatable bonds is 2. The molecule has 0 fully saturated rings. The van der Waals surface area contributed by atoms with Crippen LogP contribution in [0.5, 0.6) is 0 Å². The molecule has 0 atom stereocenters. The Bertz CT molecular complexity index is 578. The minimum Gasteiger partial charge on any atom is -0.318 e. The van der Waals surface area contributed by atoms with Gasteiger partial charge < -0.3 is 9.88 Å². The maximum Gasteiger partial charge on any atom is 0.274 e. The number of hydrogen-bond donors (Lipinski definition) is 1. The number of nitrogens with zero attached hydrogens (tertiary/aromatic N) is 2. The van der Waals surface area contributed by atoms with Crippen LogP contribution >= 0.6 is 0 Å². The van der Waals surface area contributed by atoms with Crippen LogP contribution in [0.2, 0.25) is 0 Å². The fourth-order valence-electron chi connectivity index (χ4n) is 1.42. The number of nitrogens with one attached hydrogen (secondary N) is 1. The van der Waals surface area contributed by atoms with Crippen molar-refractivity contribution in [3.05, 3.63) is 58.8 Å². The molecule has 2 aromatic rings. The van der Waals surface area contributed by atoms with E-state index in [4.69, 9.17) is 0 Å². The van der Waals surface area contributed by atoms with Crippen LogP contribution in [0, 0.1) is 0 Å². The lowest BCUT2D eigenvalue weighted by molar-refractivity contribution is 0.0988. The number of aromatic amines is 1. The molecule has 0 aliphatic heterocycles. The summed E-state index contributed by atoms with van der Waals surface area (Å²) in [6.07, 6.45) is 3.21. The maximum absolute atomic E-state index is 12.0. The van der Waals surface area contributed by atoms with Gasteiger partial charge in [-0.05, 0) is 18.2 Å². The monoisotopic (exact) mass is 229 g/mol. The zero-order chi connectivity index (χ0) is 12.3. The van der Waals surface area contributed by atoms with Crippen LogP contribution < -0.4 is 10.5 Å². The number of amides is 1. The summed E-state index contributed by atoms with van der Waals surface area (Å²) >= 11 is 0. The first kappa shape index (κ1) is 11.1. The zero-order valence-corrected chi connectivity index (χ0v) is 9.25. The Balaban J connectivity index is 2.30. The summed E-state index contributed by atoms with van der Waals surface area (Å²) < 4.78 is 0. The Hall–Kier alpha value is -2.43. The summed E-state index contributed by atoms with van der Waals surface area (Å²) in [6, 6.07) is 7.99. The molecule has 0 spiro atoms. The molecule has 2 aromatic heterocycles. The van der Waals surface area contributed by atoms with E-state index in [1.807, 2.05) is 0 Å². The normalized spacial score (nSPS) is 9.94. The molecular formula is C12H11N3O2. The van der Waals surface area contributed by atoms with Crippen LogP contribution in [0.3, 0.4) is 0 Å². The van der Waals surface area contributed by atoms with E-state index < -0.39 is 0 Å². The first-order chi connectivity index (χ1) is 8.18. The van der Waals surface area contributed by atoms with Crippen molar-refractivity contribution < 1.29 is 4.79 Å². The van der Waals surface area contributed by atoms with Crippen molar-refractivity contribution in [2.24, 2.45) is 0 Å². The first-order valence-corrected chi connectivity index (χ1v) is 5.06. The summed E-state index contributed by atoms with van der Waals surface area (Å²) in [7, 11) is 1.63. The molecule has 17 heavy (non-hydrogen) atoms. The Kier molecular flexibility index (Phi) is 3.00. The van der Waals surface area contributed by atoms with Crippen LogP contribution in [-0.2, 0) is 0 Å². The summed E-state index contributed by atoms with van der Waals surface area (Å²) in [5, 5.41) is 0. The van der Waals surface area contributed by atoms with Crippen molar-refractivity contribution in [1.29, 1.82) is 0 Å². The molecule has 5 nitrogen and oxygen atoms in total. The molecular weight excluding hydrogens is 218 g/mol. The fraction of sp³-hybridized carbons (Fsp3) is 0.0833. The Morgan fingerprint density at radius 3 is 2.76 bits per heavy atom. The lowest BCUT2D eigenvalue weighted by Gasteiger charge is -2.16. The quantitative estimate of drug-likeness (QED) is 0.836. The SMILES string of the molecule is CN(C(=O)c1cccc(=O)[nH]1)c1cccnc1. The lowest BCUT2D eigenvalue weighted by Crippen LogP contribution is -2.28. The van der Waals surface area contributed by atoms with Crippen LogP contribution in [0.4, 0.5) is 5.69 Å². The third-order valence-electron chi connectivity index (χ3n) is 2.34. The molecule has 2 rings (SSSR count). The third kappa shape index (κ3) is 2.39. The van der Waals surface area contributed by atoms with Crippen molar-refractivity contribution in [3.63, 3.8) is 0 Å². The van der Waals surface area contributed by atoms with Gasteiger partial charge in [-0.25, -0.2) is 0 Å². The number of H-pyrrole nitrogens is 1. The molecule has 2 heterocycles. The van der Waals surface area contributed by atoms with Gasteiger partial charge in [0.05, 0.1) is 11.9 Å². The summed E-state index contributed by atoms with van der Waals surface area (Å²) in [5.74, 6) is -0.282. The van der Waals surface area contributed by atoms with Crippen LogP contribution in [0.25, 0.3) is 0 Å². The van der Waals surface area contributed by atoms with Crippen LogP contribution in [-0.4, -0.2) is 22.9 Å². The molecule has 1 amide bonds. The fourth-order valence-corrected chi connectivity index (χ4v) is 1.42. The Morgan fingerprint density at radius 1 is 1.29 bits per heavy atom. The highest BCUT2D eigenvalue weighted by Crippen LogP contribution is 2.11. The largest absolute Gasteiger partial charge is 0.318 e. The summed E-state index contributed by atoms with van der Waals surface area (Å²) in [6.45, 7) is 0. The van der Waals surface area contributed by atoms with Gasteiger partial charge in [0.2, 0.25) is 5.56 Å². The minimum absolute atomic E-state index is 0.254. The lowest BCUT2D eigenvalue weighted by atomic mass is 10.3. The van der Waals surface area contributed by atoms with E-state index in [1.54, 1.807) is 43.7 Å². The second-order valence-electron chi connectivity index (χ2n) is 3.50. The predicted octanol–water partition coefficient (Wildman–Crippen LogP) is 1.05. The average Bonchev–Trinajstić information content (AvgIpc) is 2.38. The molecule has 0 aliphatic rings. The Morgan fingerprint density at radius 2 is 2.12 bits per heavy atom. The Labute approximate surface area is 97.7 Å². The molecule has 0 aromatic carbocycles. The van der Waals surface area contributed by atoms with Crippen LogP contribution in [0.1, 0.15) is 10.5 Å². The van der Waals surface area contributed by atoms with E-state index in [2.05, 4.69) is 9.97 Å². The van der Waals surface area contributed by atoms with Gasteiger partial charge >= 0.3 is 0 Å². The number of aromatic nitrogens is 2. The molecule has 0 bridgehead atoms. The second kappa shape index (κ2) is 4.61. The molecule has 0 saturated heterocycles. The number of pyridine rings is 2. The predicted molar refractivity (Wildman–Crippen MR) is 64.0 cm³/mol. The number of carbonyl (C=O) groups is 1. The number of carbonyl (C=O) groups excluding carboxylic acids is 1. The van der Waals surface area contributed by atoms with E-state index in [1.165, 1.54) is 11.0 Å². The minimum atomic E-state index is -0.296. The maximum atomic E-state index is 12.0. The molecule has 5 heteroatoms. The number of hydrogen-bond acceptors (Lipinski definition) is 3. The van der Waals surface area contributed by atoms with Gasteiger partial charge in [-0.1, -0.05) is 6.07 Å². The number of anilines is 1. The van der Waals surface area contributed by atoms with Gasteiger partial charge in [0.25, 0.3) is 5.91 Å². The van der Waals surface area contributed by atoms with Gasteiger partial charge in [-0.2, -0.15) is 0 Å². The molecule has 0 aliphatic carbocycles. The summed E-state index contributed by atoms with van der Waals surface area (Å²) in [5.41, 5.74) is 0.626. The zero-order valence-electron chi connectivity index (χ0n) is 9.25. The topological polar surface area (TPSA) is 66.1 Å². The smallest absolute Gasteiger partial charge is 0.274 e. The van der Waals surface area contributed by atoms with Gasteiger partial charge in [0.1, 0.15) is 5.69 Å². The van der Waals surface area contributed by atoms with E-state index in [0.717, 1.165) is 0 Å². The van der Waals surface area contributed by atoms with Gasteiger partial charge in [0, 0.05) is 19.3 Å². The van der Waals surface area contributed by atoms with Crippen molar-refractivity contribution in [2.45, 2.75) is 0 Å². The molecule has 0 saturated carbocycles. The van der Waals surface area contributed by atoms with E-state index in [0.29, 0.717) is 5.69 Å². The molecule has 0 unspecified atom stereocenters. The van der Waals surface area contributed by atoms with E-state index in [9.17, 15) is 9.59 Å². The standard InChI is InChI=1S/C12H11N3O2/c1-15(9-4-3-7-13-8-9)12(17)10-5-2-6-11(16)14-10/h2-8H,1H3,(H,14,16). The highest BCUT2D eigenvalue weighted by atomic mass is 16.2. The third-order valence-corrected chi connectivity index (χ3v) is 2.34. The first-order valence-electron chi connectivity index (χ1n) is 5.06. The van der Waals surface area contributed by atoms with Crippen molar-refractivity contribution in [2.75, 3.05) is 11.9 Å². The van der Waals surface area contributed by atoms with Crippen molar-refractivity contribution in [3.8, 4) is 0 Å². The van der Waals surface area contributed by atoms with E-state index in [-0.39, 0.29) is 17.2 Å². The molecule has 86 valence electrons. The second-order valence-corrected chi connectivity index (χ2v) is 3.50. The highest BCUT2D eigenvalue weighted by Gasteiger charge is 2.13. The van der Waals surface area contributed by atoms with Gasteiger partial charge in [-0.3, -0.25) is 14.6 Å². The summed E-state index contributed by atoms with van der Waals surface area (Å²) in [4.78, 5) is 31.0. The molecule has 0 radical (unpaired) electrons. The van der Waals surface area contributed by atoms with Crippen molar-refractivity contribution >= 4 is 11.6 Å². The highest BCUT2D eigenvalue weighted by molar-refractivity contribution is 6.04. The van der Waals surface area contributed by atoms with Gasteiger partial charge in [0.15, 0.2) is 0 Å². The molecule has 1 N–H and O–H groups in total. The van der Waals surface area contributed by atoms with E-state index >= 15 is 0 Å². The van der Waals surface area contributed by atoms with Crippen molar-refractivity contribution in [1.82, 2.24) is 9.97 Å². The average molecular weight is 229 g/mol. The van der Waals surface area contributed by atoms with Crippen LogP contribution in [0.15, 0.2) is 47.5 Å². The van der Waals surface area contributed by atoms with Gasteiger partial charge in [-0.15, -0.1) is 0 Å².